The number of halogens is 2. The van der Waals surface area contributed by atoms with Crippen molar-refractivity contribution in [3.05, 3.63) is 69.8 Å². The number of nitrogens with one attached hydrogen (secondary N) is 4. The van der Waals surface area contributed by atoms with Crippen LogP contribution >= 0.6 is 23.2 Å². The molecule has 0 saturated heterocycles. The normalized spacial score (nSPS) is 12.5. The number of hydrogen-bond donors (Lipinski definition) is 5. The number of carboxylic acids is 1. The second kappa shape index (κ2) is 14.6. The molecule has 3 amide bonds. The van der Waals surface area contributed by atoms with E-state index in [4.69, 9.17) is 28.3 Å². The van der Waals surface area contributed by atoms with Gasteiger partial charge in [0.2, 0.25) is 11.8 Å². The minimum atomic E-state index is -1.17. The molecule has 0 bridgehead atoms. The molecule has 1 heterocycles. The molecule has 0 fully saturated rings. The highest BCUT2D eigenvalue weighted by Gasteiger charge is 2.27. The topological polar surface area (TPSA) is 140 Å². The largest absolute Gasteiger partial charge is 0.481 e. The van der Waals surface area contributed by atoms with Gasteiger partial charge in [0, 0.05) is 35.6 Å². The molecule has 2 atom stereocenters. The van der Waals surface area contributed by atoms with Gasteiger partial charge in [-0.05, 0) is 49.1 Å². The maximum Gasteiger partial charge on any atom is 0.303 e. The number of aromatic nitrogens is 1. The third-order valence-electron chi connectivity index (χ3n) is 6.30. The number of para-hydroxylation sites is 1. The number of carbonyl (C=O) groups is 4. The summed E-state index contributed by atoms with van der Waals surface area (Å²) in [6.07, 6.45) is 3.91. The van der Waals surface area contributed by atoms with Gasteiger partial charge >= 0.3 is 5.97 Å². The third kappa shape index (κ3) is 8.73. The van der Waals surface area contributed by atoms with Crippen LogP contribution in [0.3, 0.4) is 0 Å². The van der Waals surface area contributed by atoms with E-state index in [0.29, 0.717) is 25.8 Å². The summed E-state index contributed by atoms with van der Waals surface area (Å²) in [5.74, 6) is -2.72. The molecule has 1 aromatic heterocycles. The zero-order valence-electron chi connectivity index (χ0n) is 21.6. The molecule has 3 rings (SSSR count). The first-order valence-electron chi connectivity index (χ1n) is 12.8. The van der Waals surface area contributed by atoms with Gasteiger partial charge in [-0.2, -0.15) is 0 Å². The quantitative estimate of drug-likeness (QED) is 0.193. The van der Waals surface area contributed by atoms with Crippen LogP contribution in [0, 0.1) is 0 Å². The van der Waals surface area contributed by atoms with Gasteiger partial charge in [-0.3, -0.25) is 19.2 Å². The number of aliphatic carboxylic acids is 1. The number of rotatable bonds is 14. The van der Waals surface area contributed by atoms with Crippen molar-refractivity contribution in [3.63, 3.8) is 0 Å². The van der Waals surface area contributed by atoms with Gasteiger partial charge in [0.15, 0.2) is 0 Å². The van der Waals surface area contributed by atoms with Crippen molar-refractivity contribution in [3.8, 4) is 0 Å². The first-order valence-corrected chi connectivity index (χ1v) is 13.6. The van der Waals surface area contributed by atoms with Crippen molar-refractivity contribution in [2.45, 2.75) is 57.5 Å². The lowest BCUT2D eigenvalue weighted by atomic mass is 10.1. The van der Waals surface area contributed by atoms with E-state index < -0.39 is 29.9 Å². The number of carboxylic acid groups (broad SMARTS) is 1. The fraction of sp³-hybridized carbons (Fsp3) is 0.357. The predicted octanol–water partition coefficient (Wildman–Crippen LogP) is 4.47. The average molecular weight is 575 g/mol. The van der Waals surface area contributed by atoms with Crippen molar-refractivity contribution in [1.82, 2.24) is 20.9 Å². The molecule has 39 heavy (non-hydrogen) atoms. The van der Waals surface area contributed by atoms with Crippen LogP contribution in [0.1, 0.15) is 54.9 Å². The molecular formula is C28H32Cl2N4O5. The fourth-order valence-corrected chi connectivity index (χ4v) is 4.45. The number of amides is 3. The second-order valence-corrected chi connectivity index (χ2v) is 10.0. The molecule has 0 spiro atoms. The van der Waals surface area contributed by atoms with Crippen molar-refractivity contribution >= 4 is 57.8 Å². The summed E-state index contributed by atoms with van der Waals surface area (Å²) in [4.78, 5) is 53.4. The van der Waals surface area contributed by atoms with E-state index in [-0.39, 0.29) is 34.4 Å². The summed E-state index contributed by atoms with van der Waals surface area (Å²) < 4.78 is 0. The molecule has 3 aromatic rings. The Morgan fingerprint density at radius 1 is 0.949 bits per heavy atom. The van der Waals surface area contributed by atoms with E-state index in [1.807, 2.05) is 37.4 Å². The Morgan fingerprint density at radius 3 is 2.41 bits per heavy atom. The molecule has 2 unspecified atom stereocenters. The van der Waals surface area contributed by atoms with Crippen LogP contribution in [0.2, 0.25) is 10.0 Å². The number of fused-ring (bicyclic) bond motifs is 1. The van der Waals surface area contributed by atoms with Crippen molar-refractivity contribution in [2.75, 3.05) is 6.54 Å². The summed E-state index contributed by atoms with van der Waals surface area (Å²) >= 11 is 11.9. The number of aromatic amines is 1. The Bertz CT molecular complexity index is 1330. The SMILES string of the molecule is CCCCC(NC(=O)C(CCC(=O)O)NC(=O)c1ccc(Cl)c(Cl)c1)C(=O)NCCc1c[nH]c2ccccc12. The zero-order chi connectivity index (χ0) is 28.4. The lowest BCUT2D eigenvalue weighted by Gasteiger charge is -2.23. The number of hydrogen-bond acceptors (Lipinski definition) is 4. The lowest BCUT2D eigenvalue weighted by Crippen LogP contribution is -2.54. The van der Waals surface area contributed by atoms with E-state index in [1.54, 1.807) is 0 Å². The Kier molecular flexibility index (Phi) is 11.2. The molecule has 9 nitrogen and oxygen atoms in total. The van der Waals surface area contributed by atoms with Crippen LogP contribution in [0.25, 0.3) is 10.9 Å². The van der Waals surface area contributed by atoms with Gasteiger partial charge in [-0.1, -0.05) is 61.2 Å². The molecule has 0 aliphatic rings. The van der Waals surface area contributed by atoms with Crippen LogP contribution in [-0.2, 0) is 20.8 Å². The summed E-state index contributed by atoms with van der Waals surface area (Å²) in [6, 6.07) is 10.1. The standard InChI is InChI=1S/C28H32Cl2N4O5/c1-2-3-7-23(27(38)31-14-13-18-16-32-22-8-5-4-6-19(18)22)34-28(39)24(11-12-25(35)36)33-26(37)17-9-10-20(29)21(30)15-17/h4-6,8-10,15-16,23-24,32H,2-3,7,11-14H2,1H3,(H,31,38)(H,33,37)(H,34,39)(H,35,36). The van der Waals surface area contributed by atoms with Gasteiger partial charge < -0.3 is 26.0 Å². The Labute approximate surface area is 236 Å². The minimum Gasteiger partial charge on any atom is -0.481 e. The molecule has 0 aliphatic heterocycles. The van der Waals surface area contributed by atoms with Crippen LogP contribution in [0.5, 0.6) is 0 Å². The Hall–Kier alpha value is -3.56. The molecule has 5 N–H and O–H groups in total. The van der Waals surface area contributed by atoms with E-state index in [1.165, 1.54) is 18.2 Å². The zero-order valence-corrected chi connectivity index (χ0v) is 23.1. The number of H-pyrrole nitrogens is 1. The molecule has 0 aliphatic carbocycles. The van der Waals surface area contributed by atoms with Crippen LogP contribution in [0.15, 0.2) is 48.7 Å². The van der Waals surface area contributed by atoms with Gasteiger partial charge in [-0.25, -0.2) is 0 Å². The molecule has 11 heteroatoms. The number of benzene rings is 2. The third-order valence-corrected chi connectivity index (χ3v) is 7.04. The van der Waals surface area contributed by atoms with Gasteiger partial charge in [0.25, 0.3) is 5.91 Å². The summed E-state index contributed by atoms with van der Waals surface area (Å²) in [7, 11) is 0. The molecule has 208 valence electrons. The van der Waals surface area contributed by atoms with Gasteiger partial charge in [-0.15, -0.1) is 0 Å². The van der Waals surface area contributed by atoms with E-state index in [9.17, 15) is 19.2 Å². The summed E-state index contributed by atoms with van der Waals surface area (Å²) in [6.45, 7) is 2.34. The highest BCUT2D eigenvalue weighted by molar-refractivity contribution is 6.42. The molecular weight excluding hydrogens is 543 g/mol. The van der Waals surface area contributed by atoms with Crippen LogP contribution < -0.4 is 16.0 Å². The smallest absolute Gasteiger partial charge is 0.303 e. The lowest BCUT2D eigenvalue weighted by molar-refractivity contribution is -0.137. The van der Waals surface area contributed by atoms with Crippen LogP contribution in [-0.4, -0.2) is 52.4 Å². The molecule has 2 aromatic carbocycles. The predicted molar refractivity (Wildman–Crippen MR) is 151 cm³/mol. The number of carbonyl (C=O) groups excluding carboxylic acids is 3. The molecule has 0 radical (unpaired) electrons. The van der Waals surface area contributed by atoms with Gasteiger partial charge in [0.05, 0.1) is 10.0 Å². The second-order valence-electron chi connectivity index (χ2n) is 9.19. The average Bonchev–Trinajstić information content (AvgIpc) is 3.33. The Balaban J connectivity index is 1.65. The Morgan fingerprint density at radius 2 is 1.69 bits per heavy atom. The van der Waals surface area contributed by atoms with E-state index >= 15 is 0 Å². The van der Waals surface area contributed by atoms with Gasteiger partial charge in [0.1, 0.15) is 12.1 Å². The molecule has 0 saturated carbocycles. The maximum atomic E-state index is 13.2. The highest BCUT2D eigenvalue weighted by Crippen LogP contribution is 2.22. The van der Waals surface area contributed by atoms with E-state index in [2.05, 4.69) is 20.9 Å². The summed E-state index contributed by atoms with van der Waals surface area (Å²) in [5, 5.41) is 18.8. The summed E-state index contributed by atoms with van der Waals surface area (Å²) in [5.41, 5.74) is 2.25. The first-order chi connectivity index (χ1) is 18.7. The number of unbranched alkanes of at least 4 members (excludes halogenated alkanes) is 1. The maximum absolute atomic E-state index is 13.2. The monoisotopic (exact) mass is 574 g/mol. The minimum absolute atomic E-state index is 0.156. The van der Waals surface area contributed by atoms with E-state index in [0.717, 1.165) is 22.9 Å². The van der Waals surface area contributed by atoms with Crippen molar-refractivity contribution in [1.29, 1.82) is 0 Å². The van der Waals surface area contributed by atoms with Crippen molar-refractivity contribution in [2.24, 2.45) is 0 Å². The fourth-order valence-electron chi connectivity index (χ4n) is 4.15. The highest BCUT2D eigenvalue weighted by atomic mass is 35.5. The van der Waals surface area contributed by atoms with Crippen LogP contribution in [0.4, 0.5) is 0 Å². The first kappa shape index (κ1) is 30.0. The van der Waals surface area contributed by atoms with Crippen molar-refractivity contribution < 1.29 is 24.3 Å².